The molecule has 5 heteroatoms. The number of aryl methyl sites for hydroxylation is 1. The second kappa shape index (κ2) is 7.69. The second-order valence-electron chi connectivity index (χ2n) is 7.04. The number of carbonyl (C=O) groups excluding carboxylic acids is 1. The lowest BCUT2D eigenvalue weighted by Gasteiger charge is -2.12. The number of aromatic nitrogens is 2. The first kappa shape index (κ1) is 18.5. The van der Waals surface area contributed by atoms with Crippen LogP contribution in [0.5, 0.6) is 0 Å². The van der Waals surface area contributed by atoms with Gasteiger partial charge in [-0.3, -0.25) is 4.79 Å². The molecule has 146 valence electrons. The molecule has 30 heavy (non-hydrogen) atoms. The fourth-order valence-corrected chi connectivity index (χ4v) is 4.39. The molecule has 0 aliphatic rings. The van der Waals surface area contributed by atoms with Crippen LogP contribution in [0.4, 0.5) is 5.69 Å². The normalized spacial score (nSPS) is 11.1. The molecule has 0 unspecified atom stereocenters. The highest BCUT2D eigenvalue weighted by molar-refractivity contribution is 7.09. The molecule has 3 aromatic carbocycles. The van der Waals surface area contributed by atoms with E-state index in [9.17, 15) is 4.79 Å². The fraction of sp³-hybridized carbons (Fsp3) is 0.0800. The zero-order valence-corrected chi connectivity index (χ0v) is 17.2. The quantitative estimate of drug-likeness (QED) is 0.353. The molecule has 0 saturated heterocycles. The standard InChI is InChI=1S/C25H19N3OS/c1-2-23-28-22(15-30-23)16-8-7-9-17(14-16)26-25(29)24-18-10-3-5-12-20(18)27-21-13-6-4-11-19(21)24/h3-15H,2H2,1H3,(H,26,29). The number of benzene rings is 3. The van der Waals surface area contributed by atoms with E-state index in [1.165, 1.54) is 0 Å². The Morgan fingerprint density at radius 3 is 2.27 bits per heavy atom. The monoisotopic (exact) mass is 409 g/mol. The molecule has 0 aliphatic heterocycles. The summed E-state index contributed by atoms with van der Waals surface area (Å²) < 4.78 is 0. The van der Waals surface area contributed by atoms with Crippen molar-refractivity contribution in [3.63, 3.8) is 0 Å². The minimum atomic E-state index is -0.144. The van der Waals surface area contributed by atoms with Crippen molar-refractivity contribution < 1.29 is 4.79 Å². The van der Waals surface area contributed by atoms with Gasteiger partial charge in [0.1, 0.15) is 0 Å². The van der Waals surface area contributed by atoms with Crippen LogP contribution in [-0.4, -0.2) is 15.9 Å². The number of anilines is 1. The molecule has 2 heterocycles. The summed E-state index contributed by atoms with van der Waals surface area (Å²) >= 11 is 1.66. The van der Waals surface area contributed by atoms with Crippen molar-refractivity contribution in [1.29, 1.82) is 0 Å². The van der Waals surface area contributed by atoms with Gasteiger partial charge in [-0.1, -0.05) is 55.5 Å². The Morgan fingerprint density at radius 1 is 0.900 bits per heavy atom. The van der Waals surface area contributed by atoms with Gasteiger partial charge in [0.05, 0.1) is 27.3 Å². The lowest BCUT2D eigenvalue weighted by Crippen LogP contribution is -2.13. The third kappa shape index (κ3) is 3.33. The number of pyridine rings is 1. The molecule has 0 fully saturated rings. The van der Waals surface area contributed by atoms with Crippen LogP contribution in [0.25, 0.3) is 33.1 Å². The van der Waals surface area contributed by atoms with E-state index in [4.69, 9.17) is 4.98 Å². The highest BCUT2D eigenvalue weighted by Gasteiger charge is 2.16. The van der Waals surface area contributed by atoms with Crippen molar-refractivity contribution in [2.75, 3.05) is 5.32 Å². The lowest BCUT2D eigenvalue weighted by molar-refractivity contribution is 0.103. The van der Waals surface area contributed by atoms with Crippen LogP contribution in [0.1, 0.15) is 22.3 Å². The van der Waals surface area contributed by atoms with Crippen molar-refractivity contribution in [2.24, 2.45) is 0 Å². The Kier molecular flexibility index (Phi) is 4.73. The van der Waals surface area contributed by atoms with Gasteiger partial charge in [-0.15, -0.1) is 11.3 Å². The molecule has 1 N–H and O–H groups in total. The number of carbonyl (C=O) groups is 1. The van der Waals surface area contributed by atoms with Gasteiger partial charge < -0.3 is 5.32 Å². The Labute approximate surface area is 178 Å². The van der Waals surface area contributed by atoms with Gasteiger partial charge in [0.2, 0.25) is 0 Å². The summed E-state index contributed by atoms with van der Waals surface area (Å²) in [6.07, 6.45) is 0.920. The lowest BCUT2D eigenvalue weighted by atomic mass is 10.0. The third-order valence-electron chi connectivity index (χ3n) is 5.09. The van der Waals surface area contributed by atoms with Crippen molar-refractivity contribution in [2.45, 2.75) is 13.3 Å². The Balaban J connectivity index is 1.56. The van der Waals surface area contributed by atoms with Crippen LogP contribution in [0.2, 0.25) is 0 Å². The number of thiazole rings is 1. The summed E-state index contributed by atoms with van der Waals surface area (Å²) in [5.41, 5.74) is 4.94. The molecule has 5 rings (SSSR count). The summed E-state index contributed by atoms with van der Waals surface area (Å²) in [6, 6.07) is 23.3. The highest BCUT2D eigenvalue weighted by Crippen LogP contribution is 2.28. The van der Waals surface area contributed by atoms with Crippen LogP contribution in [-0.2, 0) is 6.42 Å². The molecule has 0 saturated carbocycles. The van der Waals surface area contributed by atoms with Crippen LogP contribution >= 0.6 is 11.3 Å². The number of amides is 1. The van der Waals surface area contributed by atoms with E-state index < -0.39 is 0 Å². The molecular weight excluding hydrogens is 390 g/mol. The van der Waals surface area contributed by atoms with E-state index in [1.807, 2.05) is 72.8 Å². The number of nitrogens with one attached hydrogen (secondary N) is 1. The van der Waals surface area contributed by atoms with Gasteiger partial charge in [0, 0.05) is 27.4 Å². The number of nitrogens with zero attached hydrogens (tertiary/aromatic N) is 2. The molecular formula is C25H19N3OS. The first-order valence-electron chi connectivity index (χ1n) is 9.86. The average molecular weight is 410 g/mol. The predicted octanol–water partition coefficient (Wildman–Crippen LogP) is 6.33. The minimum Gasteiger partial charge on any atom is -0.322 e. The SMILES string of the molecule is CCc1nc(-c2cccc(NC(=O)c3c4ccccc4nc4ccccc34)c2)cs1. The average Bonchev–Trinajstić information content (AvgIpc) is 3.27. The number of para-hydroxylation sites is 2. The number of hydrogen-bond donors (Lipinski definition) is 1. The van der Waals surface area contributed by atoms with Crippen molar-refractivity contribution in [1.82, 2.24) is 9.97 Å². The zero-order valence-electron chi connectivity index (χ0n) is 16.4. The predicted molar refractivity (Wildman–Crippen MR) is 124 cm³/mol. The molecule has 0 aliphatic carbocycles. The molecule has 1 amide bonds. The molecule has 5 aromatic rings. The van der Waals surface area contributed by atoms with Gasteiger partial charge in [-0.2, -0.15) is 0 Å². The van der Waals surface area contributed by atoms with Crippen LogP contribution in [0.3, 0.4) is 0 Å². The minimum absolute atomic E-state index is 0.144. The molecule has 2 aromatic heterocycles. The van der Waals surface area contributed by atoms with Gasteiger partial charge in [-0.05, 0) is 30.7 Å². The van der Waals surface area contributed by atoms with Gasteiger partial charge in [0.15, 0.2) is 0 Å². The van der Waals surface area contributed by atoms with E-state index in [1.54, 1.807) is 11.3 Å². The maximum atomic E-state index is 13.4. The van der Waals surface area contributed by atoms with Crippen molar-refractivity contribution >= 4 is 44.7 Å². The Morgan fingerprint density at radius 2 is 1.60 bits per heavy atom. The first-order valence-corrected chi connectivity index (χ1v) is 10.7. The molecule has 4 nitrogen and oxygen atoms in total. The summed E-state index contributed by atoms with van der Waals surface area (Å²) in [6.45, 7) is 2.10. The third-order valence-corrected chi connectivity index (χ3v) is 6.08. The molecule has 0 atom stereocenters. The smallest absolute Gasteiger partial charge is 0.257 e. The van der Waals surface area contributed by atoms with Crippen molar-refractivity contribution in [3.05, 3.63) is 88.7 Å². The summed E-state index contributed by atoms with van der Waals surface area (Å²) in [7, 11) is 0. The van der Waals surface area contributed by atoms with Crippen LogP contribution in [0.15, 0.2) is 78.2 Å². The largest absolute Gasteiger partial charge is 0.322 e. The van der Waals surface area contributed by atoms with E-state index in [-0.39, 0.29) is 5.91 Å². The maximum absolute atomic E-state index is 13.4. The summed E-state index contributed by atoms with van der Waals surface area (Å²) in [5, 5.41) is 7.94. The van der Waals surface area contributed by atoms with E-state index in [0.29, 0.717) is 5.56 Å². The fourth-order valence-electron chi connectivity index (χ4n) is 3.64. The number of fused-ring (bicyclic) bond motifs is 2. The first-order chi connectivity index (χ1) is 14.7. The Bertz CT molecular complexity index is 1340. The van der Waals surface area contributed by atoms with Gasteiger partial charge >= 0.3 is 0 Å². The number of hydrogen-bond acceptors (Lipinski definition) is 4. The molecule has 0 bridgehead atoms. The highest BCUT2D eigenvalue weighted by atomic mass is 32.1. The van der Waals surface area contributed by atoms with E-state index in [2.05, 4.69) is 22.6 Å². The van der Waals surface area contributed by atoms with Gasteiger partial charge in [0.25, 0.3) is 5.91 Å². The topological polar surface area (TPSA) is 54.9 Å². The van der Waals surface area contributed by atoms with E-state index >= 15 is 0 Å². The molecule has 0 spiro atoms. The summed E-state index contributed by atoms with van der Waals surface area (Å²) in [5.74, 6) is -0.144. The summed E-state index contributed by atoms with van der Waals surface area (Å²) in [4.78, 5) is 22.7. The Hall–Kier alpha value is -3.57. The molecule has 0 radical (unpaired) electrons. The van der Waals surface area contributed by atoms with Crippen LogP contribution in [0, 0.1) is 0 Å². The zero-order chi connectivity index (χ0) is 20.5. The number of rotatable bonds is 4. The second-order valence-corrected chi connectivity index (χ2v) is 7.98. The maximum Gasteiger partial charge on any atom is 0.257 e. The van der Waals surface area contributed by atoms with Crippen molar-refractivity contribution in [3.8, 4) is 11.3 Å². The van der Waals surface area contributed by atoms with Gasteiger partial charge in [-0.25, -0.2) is 9.97 Å². The van der Waals surface area contributed by atoms with E-state index in [0.717, 1.165) is 50.2 Å². The van der Waals surface area contributed by atoms with Crippen LogP contribution < -0.4 is 5.32 Å².